The van der Waals surface area contributed by atoms with Crippen LogP contribution in [0.1, 0.15) is 42.1 Å². The highest BCUT2D eigenvalue weighted by atomic mass is 16.5. The molecular formula is C16H19NO4. The molecule has 0 aliphatic carbocycles. The van der Waals surface area contributed by atoms with Crippen LogP contribution in [0.2, 0.25) is 0 Å². The maximum absolute atomic E-state index is 12.4. The van der Waals surface area contributed by atoms with Crippen LogP contribution in [-0.4, -0.2) is 35.0 Å². The largest absolute Gasteiger partial charge is 0.466 e. The van der Waals surface area contributed by atoms with Crippen LogP contribution in [0.25, 0.3) is 0 Å². The second kappa shape index (κ2) is 5.15. The van der Waals surface area contributed by atoms with Crippen molar-refractivity contribution >= 4 is 11.9 Å². The Bertz CT molecular complexity index is 585. The van der Waals surface area contributed by atoms with Crippen molar-refractivity contribution in [3.8, 4) is 0 Å². The molecule has 2 aliphatic rings. The van der Waals surface area contributed by atoms with Gasteiger partial charge in [0.25, 0.3) is 5.91 Å². The molecule has 1 aromatic carbocycles. The summed E-state index contributed by atoms with van der Waals surface area (Å²) in [6.07, 6.45) is 1.61. The van der Waals surface area contributed by atoms with Gasteiger partial charge in [0.2, 0.25) is 0 Å². The fraction of sp³-hybridized carbons (Fsp3) is 0.500. The van der Waals surface area contributed by atoms with E-state index in [0.717, 1.165) is 6.42 Å². The predicted octanol–water partition coefficient (Wildman–Crippen LogP) is 1.65. The van der Waals surface area contributed by atoms with Crippen molar-refractivity contribution in [3.63, 3.8) is 0 Å². The normalized spacial score (nSPS) is 27.2. The summed E-state index contributed by atoms with van der Waals surface area (Å²) in [4.78, 5) is 25.7. The minimum absolute atomic E-state index is 0.127. The third-order valence-electron chi connectivity index (χ3n) is 4.43. The van der Waals surface area contributed by atoms with Crippen LogP contribution < -0.4 is 0 Å². The van der Waals surface area contributed by atoms with E-state index in [1.54, 1.807) is 25.1 Å². The monoisotopic (exact) mass is 289 g/mol. The summed E-state index contributed by atoms with van der Waals surface area (Å²) in [6, 6.07) is 7.11. The van der Waals surface area contributed by atoms with Gasteiger partial charge in [0.1, 0.15) is 0 Å². The molecule has 2 aliphatic heterocycles. The molecule has 5 nitrogen and oxygen atoms in total. The van der Waals surface area contributed by atoms with Gasteiger partial charge < -0.3 is 14.7 Å². The van der Waals surface area contributed by atoms with Crippen LogP contribution in [-0.2, 0) is 15.3 Å². The fourth-order valence-electron chi connectivity index (χ4n) is 3.51. The number of aliphatic hydroxyl groups is 1. The first-order chi connectivity index (χ1) is 10.1. The van der Waals surface area contributed by atoms with Crippen LogP contribution in [0.3, 0.4) is 0 Å². The summed E-state index contributed by atoms with van der Waals surface area (Å²) in [7, 11) is 0. The molecule has 1 saturated heterocycles. The van der Waals surface area contributed by atoms with Crippen LogP contribution in [0.4, 0.5) is 0 Å². The second-order valence-corrected chi connectivity index (χ2v) is 5.58. The van der Waals surface area contributed by atoms with E-state index in [-0.39, 0.29) is 24.2 Å². The van der Waals surface area contributed by atoms with Gasteiger partial charge in [-0.15, -0.1) is 0 Å². The van der Waals surface area contributed by atoms with Crippen molar-refractivity contribution in [3.05, 3.63) is 35.4 Å². The lowest BCUT2D eigenvalue weighted by atomic mass is 9.80. The zero-order chi connectivity index (χ0) is 15.0. The van der Waals surface area contributed by atoms with Crippen molar-refractivity contribution in [2.24, 2.45) is 5.92 Å². The van der Waals surface area contributed by atoms with Crippen LogP contribution >= 0.6 is 0 Å². The highest BCUT2D eigenvalue weighted by Crippen LogP contribution is 2.47. The standard InChI is InChI=1S/C16H19NO4/c1-2-21-14(18)10-11-6-5-9-17-15(19)12-7-3-4-8-13(12)16(11,17)20/h3-4,7-8,11,20H,2,5-6,9-10H2,1H3/t11-,16+/m0/s1. The number of benzene rings is 1. The van der Waals surface area contributed by atoms with Crippen molar-refractivity contribution in [2.45, 2.75) is 31.9 Å². The second-order valence-electron chi connectivity index (χ2n) is 5.58. The molecule has 0 aromatic heterocycles. The van der Waals surface area contributed by atoms with E-state index in [0.29, 0.717) is 30.7 Å². The summed E-state index contributed by atoms with van der Waals surface area (Å²) >= 11 is 0. The highest BCUT2D eigenvalue weighted by Gasteiger charge is 2.55. The molecule has 112 valence electrons. The lowest BCUT2D eigenvalue weighted by Crippen LogP contribution is -2.53. The molecule has 3 rings (SSSR count). The maximum atomic E-state index is 12.4. The average Bonchev–Trinajstić information content (AvgIpc) is 2.71. The topological polar surface area (TPSA) is 66.8 Å². The van der Waals surface area contributed by atoms with Crippen molar-refractivity contribution in [1.82, 2.24) is 4.90 Å². The van der Waals surface area contributed by atoms with Gasteiger partial charge in [0, 0.05) is 23.6 Å². The zero-order valence-electron chi connectivity index (χ0n) is 12.0. The molecular weight excluding hydrogens is 270 g/mol. The van der Waals surface area contributed by atoms with Gasteiger partial charge in [-0.25, -0.2) is 0 Å². The number of amides is 1. The lowest BCUT2D eigenvalue weighted by Gasteiger charge is -2.44. The first-order valence-corrected chi connectivity index (χ1v) is 7.38. The number of rotatable bonds is 3. The molecule has 0 unspecified atom stereocenters. The number of carbonyl (C=O) groups excluding carboxylic acids is 2. The SMILES string of the molecule is CCOC(=O)C[C@@H]1CCCN2C(=O)c3ccccc3[C@]12O. The van der Waals surface area contributed by atoms with E-state index in [1.165, 1.54) is 4.90 Å². The predicted molar refractivity (Wildman–Crippen MR) is 75.3 cm³/mol. The van der Waals surface area contributed by atoms with Crippen LogP contribution in [0.5, 0.6) is 0 Å². The van der Waals surface area contributed by atoms with Gasteiger partial charge in [-0.1, -0.05) is 18.2 Å². The smallest absolute Gasteiger partial charge is 0.306 e. The van der Waals surface area contributed by atoms with Crippen molar-refractivity contribution in [1.29, 1.82) is 0 Å². The number of fused-ring (bicyclic) bond motifs is 3. The number of nitrogens with zero attached hydrogens (tertiary/aromatic N) is 1. The van der Waals surface area contributed by atoms with Gasteiger partial charge >= 0.3 is 5.97 Å². The summed E-state index contributed by atoms with van der Waals surface area (Å²) < 4.78 is 5.00. The van der Waals surface area contributed by atoms with E-state index >= 15 is 0 Å². The summed E-state index contributed by atoms with van der Waals surface area (Å²) in [5, 5.41) is 11.2. The van der Waals surface area contributed by atoms with Crippen LogP contribution in [0, 0.1) is 5.92 Å². The molecule has 0 spiro atoms. The Labute approximate surface area is 123 Å². The Hall–Kier alpha value is -1.88. The van der Waals surface area contributed by atoms with Crippen LogP contribution in [0.15, 0.2) is 24.3 Å². The highest BCUT2D eigenvalue weighted by molar-refractivity contribution is 5.99. The lowest BCUT2D eigenvalue weighted by molar-refractivity contribution is -0.167. The Kier molecular flexibility index (Phi) is 3.45. The molecule has 1 fully saturated rings. The molecule has 1 aromatic rings. The van der Waals surface area contributed by atoms with Gasteiger partial charge in [0.15, 0.2) is 5.72 Å². The minimum atomic E-state index is -1.38. The quantitative estimate of drug-likeness (QED) is 0.859. The van der Waals surface area contributed by atoms with Gasteiger partial charge in [0.05, 0.1) is 13.0 Å². The summed E-state index contributed by atoms with van der Waals surface area (Å²) in [6.45, 7) is 2.60. The van der Waals surface area contributed by atoms with Gasteiger partial charge in [-0.05, 0) is 25.8 Å². The molecule has 5 heteroatoms. The summed E-state index contributed by atoms with van der Waals surface area (Å²) in [5.41, 5.74) is -0.224. The van der Waals surface area contributed by atoms with E-state index in [9.17, 15) is 14.7 Å². The summed E-state index contributed by atoms with van der Waals surface area (Å²) in [5.74, 6) is -0.797. The molecule has 0 bridgehead atoms. The van der Waals surface area contributed by atoms with Gasteiger partial charge in [-0.3, -0.25) is 9.59 Å². The molecule has 0 radical (unpaired) electrons. The molecule has 21 heavy (non-hydrogen) atoms. The fourth-order valence-corrected chi connectivity index (χ4v) is 3.51. The Morgan fingerprint density at radius 2 is 2.24 bits per heavy atom. The average molecular weight is 289 g/mol. The number of esters is 1. The zero-order valence-corrected chi connectivity index (χ0v) is 12.0. The molecule has 0 saturated carbocycles. The van der Waals surface area contributed by atoms with E-state index < -0.39 is 5.72 Å². The molecule has 1 amide bonds. The first-order valence-electron chi connectivity index (χ1n) is 7.38. The molecule has 2 heterocycles. The number of hydrogen-bond donors (Lipinski definition) is 1. The van der Waals surface area contributed by atoms with Crippen molar-refractivity contribution < 1.29 is 19.4 Å². The Morgan fingerprint density at radius 3 is 3.00 bits per heavy atom. The third kappa shape index (κ3) is 2.03. The minimum Gasteiger partial charge on any atom is -0.466 e. The maximum Gasteiger partial charge on any atom is 0.306 e. The van der Waals surface area contributed by atoms with Crippen molar-refractivity contribution in [2.75, 3.05) is 13.2 Å². The third-order valence-corrected chi connectivity index (χ3v) is 4.43. The molecule has 1 N–H and O–H groups in total. The Balaban J connectivity index is 1.97. The number of hydrogen-bond acceptors (Lipinski definition) is 4. The van der Waals surface area contributed by atoms with E-state index in [4.69, 9.17) is 4.74 Å². The Morgan fingerprint density at radius 1 is 1.48 bits per heavy atom. The number of carbonyl (C=O) groups is 2. The van der Waals surface area contributed by atoms with E-state index in [2.05, 4.69) is 0 Å². The van der Waals surface area contributed by atoms with E-state index in [1.807, 2.05) is 6.07 Å². The molecule has 2 atom stereocenters. The first kappa shape index (κ1) is 14.1. The number of piperidine rings is 1. The number of ether oxygens (including phenoxy) is 1. The van der Waals surface area contributed by atoms with Gasteiger partial charge in [-0.2, -0.15) is 0 Å².